The highest BCUT2D eigenvalue weighted by Gasteiger charge is 2.12. The van der Waals surface area contributed by atoms with Gasteiger partial charge in [-0.2, -0.15) is 0 Å². The van der Waals surface area contributed by atoms with Crippen LogP contribution in [0.1, 0.15) is 37.0 Å². The molecule has 170 valence electrons. The molecule has 0 aliphatic carbocycles. The fraction of sp³-hybridized carbons (Fsp3) is 0.391. The third kappa shape index (κ3) is 6.04. The Labute approximate surface area is 188 Å². The van der Waals surface area contributed by atoms with E-state index in [4.69, 9.17) is 0 Å². The second-order valence-corrected chi connectivity index (χ2v) is 7.60. The van der Waals surface area contributed by atoms with Crippen LogP contribution in [0.25, 0.3) is 16.9 Å². The molecule has 1 aromatic carbocycles. The maximum atomic E-state index is 12.5. The van der Waals surface area contributed by atoms with E-state index in [-0.39, 0.29) is 17.9 Å². The number of aromatic nitrogens is 3. The molecule has 1 unspecified atom stereocenters. The van der Waals surface area contributed by atoms with Gasteiger partial charge in [0.25, 0.3) is 5.91 Å². The van der Waals surface area contributed by atoms with E-state index in [1.807, 2.05) is 43.4 Å². The number of likely N-dealkylation sites (N-methyl/N-ethyl adjacent to an activating group) is 1. The summed E-state index contributed by atoms with van der Waals surface area (Å²) in [5, 5.41) is 16.8. The van der Waals surface area contributed by atoms with Gasteiger partial charge in [-0.15, -0.1) is 5.10 Å². The van der Waals surface area contributed by atoms with E-state index in [0.717, 1.165) is 29.7 Å². The Hall–Kier alpha value is -3.46. The van der Waals surface area contributed by atoms with Crippen LogP contribution in [0.3, 0.4) is 0 Å². The fourth-order valence-electron chi connectivity index (χ4n) is 3.40. The van der Waals surface area contributed by atoms with Crippen LogP contribution in [0.2, 0.25) is 0 Å². The van der Waals surface area contributed by atoms with Crippen LogP contribution in [-0.4, -0.2) is 59.1 Å². The number of nitrogens with one attached hydrogen (secondary N) is 4. The molecule has 0 aliphatic rings. The SMILES string of the molecule is CCCC(CNC(=O)c1ccc(-c2cnc3ccc(NCCNC(C)=O)nn23)cc1)NC. The normalized spacial score (nSPS) is 11.8. The van der Waals surface area contributed by atoms with Crippen molar-refractivity contribution >= 4 is 23.3 Å². The smallest absolute Gasteiger partial charge is 0.251 e. The van der Waals surface area contributed by atoms with Crippen molar-refractivity contribution in [3.63, 3.8) is 0 Å². The number of hydrogen-bond acceptors (Lipinski definition) is 6. The largest absolute Gasteiger partial charge is 0.367 e. The number of hydrogen-bond donors (Lipinski definition) is 4. The third-order valence-corrected chi connectivity index (χ3v) is 5.16. The zero-order chi connectivity index (χ0) is 22.9. The first kappa shape index (κ1) is 23.2. The molecule has 9 heteroatoms. The maximum Gasteiger partial charge on any atom is 0.251 e. The lowest BCUT2D eigenvalue weighted by atomic mass is 10.1. The van der Waals surface area contributed by atoms with Crippen LogP contribution in [-0.2, 0) is 4.79 Å². The van der Waals surface area contributed by atoms with Gasteiger partial charge in [-0.1, -0.05) is 25.5 Å². The minimum Gasteiger partial charge on any atom is -0.367 e. The average molecular weight is 438 g/mol. The van der Waals surface area contributed by atoms with E-state index in [0.29, 0.717) is 31.0 Å². The van der Waals surface area contributed by atoms with Crippen LogP contribution >= 0.6 is 0 Å². The van der Waals surface area contributed by atoms with Gasteiger partial charge in [0.1, 0.15) is 5.82 Å². The van der Waals surface area contributed by atoms with Crippen molar-refractivity contribution in [3.05, 3.63) is 48.2 Å². The van der Waals surface area contributed by atoms with E-state index in [1.54, 1.807) is 10.7 Å². The summed E-state index contributed by atoms with van der Waals surface area (Å²) in [7, 11) is 1.91. The van der Waals surface area contributed by atoms with Crippen LogP contribution in [0, 0.1) is 0 Å². The van der Waals surface area contributed by atoms with E-state index in [2.05, 4.69) is 38.3 Å². The van der Waals surface area contributed by atoms with Crippen molar-refractivity contribution in [2.24, 2.45) is 0 Å². The molecule has 32 heavy (non-hydrogen) atoms. The third-order valence-electron chi connectivity index (χ3n) is 5.16. The minimum absolute atomic E-state index is 0.0629. The van der Waals surface area contributed by atoms with E-state index < -0.39 is 0 Å². The molecule has 0 fully saturated rings. The molecule has 0 spiro atoms. The predicted octanol–water partition coefficient (Wildman–Crippen LogP) is 2.06. The van der Waals surface area contributed by atoms with Crippen LogP contribution in [0.5, 0.6) is 0 Å². The van der Waals surface area contributed by atoms with Crippen molar-refractivity contribution in [1.29, 1.82) is 0 Å². The Bertz CT molecular complexity index is 1050. The van der Waals surface area contributed by atoms with Gasteiger partial charge in [-0.05, 0) is 37.7 Å². The van der Waals surface area contributed by atoms with Crippen LogP contribution in [0.15, 0.2) is 42.6 Å². The van der Waals surface area contributed by atoms with Gasteiger partial charge in [0.15, 0.2) is 5.65 Å². The standard InChI is InChI=1S/C23H31N7O2/c1-4-5-19(24-3)14-28-23(32)18-8-6-17(7-9-18)20-15-27-22-11-10-21(29-30(20)22)26-13-12-25-16(2)31/h6-11,15,19,24H,4-5,12-14H2,1-3H3,(H,25,31)(H,26,29)(H,28,32). The molecule has 0 aliphatic heterocycles. The topological polar surface area (TPSA) is 112 Å². The maximum absolute atomic E-state index is 12.5. The Morgan fingerprint density at radius 2 is 1.84 bits per heavy atom. The monoisotopic (exact) mass is 437 g/mol. The summed E-state index contributed by atoms with van der Waals surface area (Å²) in [4.78, 5) is 27.9. The van der Waals surface area contributed by atoms with Crippen molar-refractivity contribution in [3.8, 4) is 11.3 Å². The van der Waals surface area contributed by atoms with Crippen molar-refractivity contribution in [2.75, 3.05) is 32.0 Å². The van der Waals surface area contributed by atoms with Crippen molar-refractivity contribution in [2.45, 2.75) is 32.7 Å². The van der Waals surface area contributed by atoms with Crippen molar-refractivity contribution < 1.29 is 9.59 Å². The summed E-state index contributed by atoms with van der Waals surface area (Å²) in [5.74, 6) is 0.533. The first-order valence-corrected chi connectivity index (χ1v) is 10.9. The molecular weight excluding hydrogens is 406 g/mol. The van der Waals surface area contributed by atoms with Gasteiger partial charge in [-0.25, -0.2) is 9.50 Å². The second kappa shape index (κ2) is 11.2. The van der Waals surface area contributed by atoms with Gasteiger partial charge in [-0.3, -0.25) is 9.59 Å². The first-order chi connectivity index (χ1) is 15.5. The number of carbonyl (C=O) groups is 2. The lowest BCUT2D eigenvalue weighted by molar-refractivity contribution is -0.118. The number of carbonyl (C=O) groups excluding carboxylic acids is 2. The summed E-state index contributed by atoms with van der Waals surface area (Å²) in [6.45, 7) is 5.30. The van der Waals surface area contributed by atoms with Gasteiger partial charge in [0.05, 0.1) is 11.9 Å². The quantitative estimate of drug-likeness (QED) is 0.342. The average Bonchev–Trinajstić information content (AvgIpc) is 3.22. The van der Waals surface area contributed by atoms with Crippen molar-refractivity contribution in [1.82, 2.24) is 30.5 Å². The lowest BCUT2D eigenvalue weighted by Crippen LogP contribution is -2.39. The highest BCUT2D eigenvalue weighted by atomic mass is 16.2. The first-order valence-electron chi connectivity index (χ1n) is 10.9. The zero-order valence-corrected chi connectivity index (χ0v) is 18.8. The van der Waals surface area contributed by atoms with Gasteiger partial charge >= 0.3 is 0 Å². The molecule has 0 radical (unpaired) electrons. The second-order valence-electron chi connectivity index (χ2n) is 7.60. The van der Waals surface area contributed by atoms with E-state index in [1.165, 1.54) is 6.92 Å². The summed E-state index contributed by atoms with van der Waals surface area (Å²) < 4.78 is 1.76. The molecular formula is C23H31N7O2. The predicted molar refractivity (Wildman–Crippen MR) is 126 cm³/mol. The molecule has 4 N–H and O–H groups in total. The van der Waals surface area contributed by atoms with E-state index >= 15 is 0 Å². The fourth-order valence-corrected chi connectivity index (χ4v) is 3.40. The summed E-state index contributed by atoms with van der Waals surface area (Å²) >= 11 is 0. The Morgan fingerprint density at radius 1 is 1.06 bits per heavy atom. The van der Waals surface area contributed by atoms with Crippen LogP contribution < -0.4 is 21.3 Å². The van der Waals surface area contributed by atoms with Gasteiger partial charge < -0.3 is 21.3 Å². The summed E-state index contributed by atoms with van der Waals surface area (Å²) in [6, 6.07) is 11.4. The lowest BCUT2D eigenvalue weighted by Gasteiger charge is -2.16. The van der Waals surface area contributed by atoms with E-state index in [9.17, 15) is 9.59 Å². The molecule has 2 amide bonds. The molecule has 0 saturated carbocycles. The molecule has 3 rings (SSSR count). The number of fused-ring (bicyclic) bond motifs is 1. The number of rotatable bonds is 11. The Kier molecular flexibility index (Phi) is 8.15. The number of anilines is 1. The molecule has 0 saturated heterocycles. The molecule has 2 heterocycles. The molecule has 9 nitrogen and oxygen atoms in total. The molecule has 3 aromatic rings. The molecule has 2 aromatic heterocycles. The van der Waals surface area contributed by atoms with Gasteiger partial charge in [0.2, 0.25) is 5.91 Å². The number of amides is 2. The highest BCUT2D eigenvalue weighted by molar-refractivity contribution is 5.94. The number of imidazole rings is 1. The summed E-state index contributed by atoms with van der Waals surface area (Å²) in [6.07, 6.45) is 3.85. The number of benzene rings is 1. The van der Waals surface area contributed by atoms with Crippen LogP contribution in [0.4, 0.5) is 5.82 Å². The highest BCUT2D eigenvalue weighted by Crippen LogP contribution is 2.21. The Morgan fingerprint density at radius 3 is 2.53 bits per heavy atom. The van der Waals surface area contributed by atoms with Gasteiger partial charge in [0, 0.05) is 43.7 Å². The molecule has 1 atom stereocenters. The zero-order valence-electron chi connectivity index (χ0n) is 18.8. The Balaban J connectivity index is 1.68. The number of nitrogens with zero attached hydrogens (tertiary/aromatic N) is 3. The minimum atomic E-state index is -0.0881. The summed E-state index contributed by atoms with van der Waals surface area (Å²) in [5.41, 5.74) is 3.08. The molecule has 0 bridgehead atoms.